The molecule has 0 aliphatic heterocycles. The predicted molar refractivity (Wildman–Crippen MR) is 91.5 cm³/mol. The maximum atomic E-state index is 13.0. The van der Waals surface area contributed by atoms with Gasteiger partial charge in [-0.2, -0.15) is 18.4 Å². The van der Waals surface area contributed by atoms with Gasteiger partial charge < -0.3 is 14.4 Å². The first-order chi connectivity index (χ1) is 12.8. The van der Waals surface area contributed by atoms with Crippen LogP contribution in [0.2, 0.25) is 0 Å². The number of carbonyl (C=O) groups excluding carboxylic acids is 1. The Hall–Kier alpha value is -3.21. The van der Waals surface area contributed by atoms with Gasteiger partial charge in [-0.3, -0.25) is 4.79 Å². The molecule has 1 amide bonds. The highest BCUT2D eigenvalue weighted by Gasteiger charge is 2.34. The van der Waals surface area contributed by atoms with Gasteiger partial charge in [0.15, 0.2) is 0 Å². The van der Waals surface area contributed by atoms with Gasteiger partial charge in [-0.1, -0.05) is 12.1 Å². The van der Waals surface area contributed by atoms with Crippen molar-refractivity contribution in [1.82, 2.24) is 4.90 Å². The molecule has 0 N–H and O–H groups in total. The van der Waals surface area contributed by atoms with Crippen LogP contribution in [0, 0.1) is 11.3 Å². The normalized spacial score (nSPS) is 10.8. The summed E-state index contributed by atoms with van der Waals surface area (Å²) in [4.78, 5) is 13.5. The Morgan fingerprint density at radius 2 is 1.78 bits per heavy atom. The number of hydrogen-bond donors (Lipinski definition) is 0. The first-order valence-electron chi connectivity index (χ1n) is 7.84. The molecule has 0 unspecified atom stereocenters. The number of nitrogens with zero attached hydrogens (tertiary/aromatic N) is 2. The van der Waals surface area contributed by atoms with E-state index in [1.165, 1.54) is 56.7 Å². The first kappa shape index (κ1) is 20.1. The third kappa shape index (κ3) is 5.38. The molecule has 27 heavy (non-hydrogen) atoms. The number of ether oxygens (including phenoxy) is 2. The average molecular weight is 378 g/mol. The van der Waals surface area contributed by atoms with Crippen molar-refractivity contribution in [3.8, 4) is 17.6 Å². The van der Waals surface area contributed by atoms with Crippen LogP contribution < -0.4 is 9.47 Å². The Morgan fingerprint density at radius 1 is 1.11 bits per heavy atom. The van der Waals surface area contributed by atoms with E-state index in [-0.39, 0.29) is 17.9 Å². The maximum absolute atomic E-state index is 13.0. The molecule has 2 aromatic carbocycles. The summed E-state index contributed by atoms with van der Waals surface area (Å²) in [6.07, 6.45) is -4.57. The molecule has 2 aromatic rings. The molecule has 142 valence electrons. The quantitative estimate of drug-likeness (QED) is 0.768. The lowest BCUT2D eigenvalue weighted by atomic mass is 10.1. The van der Waals surface area contributed by atoms with E-state index in [4.69, 9.17) is 14.7 Å². The molecule has 0 aliphatic rings. The van der Waals surface area contributed by atoms with Crippen molar-refractivity contribution in [2.75, 3.05) is 20.8 Å². The molecule has 0 aromatic heterocycles. The molecule has 5 nitrogen and oxygen atoms in total. The molecule has 0 atom stereocenters. The second-order valence-electron chi connectivity index (χ2n) is 5.65. The van der Waals surface area contributed by atoms with Gasteiger partial charge in [-0.25, -0.2) is 0 Å². The van der Waals surface area contributed by atoms with Gasteiger partial charge in [-0.15, -0.1) is 0 Å². The average Bonchev–Trinajstić information content (AvgIpc) is 2.65. The van der Waals surface area contributed by atoms with E-state index in [1.807, 2.05) is 6.07 Å². The van der Waals surface area contributed by atoms with Crippen molar-refractivity contribution < 1.29 is 27.4 Å². The number of rotatable bonds is 6. The molecular formula is C19H17F3N2O3. The molecule has 0 bridgehead atoms. The lowest BCUT2D eigenvalue weighted by molar-refractivity contribution is -0.141. The molecule has 0 spiro atoms. The number of amides is 1. The topological polar surface area (TPSA) is 62.6 Å². The second kappa shape index (κ2) is 8.45. The van der Waals surface area contributed by atoms with E-state index < -0.39 is 18.6 Å². The number of halogens is 3. The summed E-state index contributed by atoms with van der Waals surface area (Å²) in [5.74, 6) is -0.291. The van der Waals surface area contributed by atoms with Crippen LogP contribution in [0.5, 0.6) is 11.5 Å². The van der Waals surface area contributed by atoms with Gasteiger partial charge in [0.25, 0.3) is 5.91 Å². The molecule has 0 radical (unpaired) electrons. The van der Waals surface area contributed by atoms with E-state index in [0.717, 1.165) is 0 Å². The van der Waals surface area contributed by atoms with Crippen molar-refractivity contribution >= 4 is 5.91 Å². The van der Waals surface area contributed by atoms with Crippen molar-refractivity contribution in [1.29, 1.82) is 5.26 Å². The Balaban J connectivity index is 2.35. The lowest BCUT2D eigenvalue weighted by Gasteiger charge is -2.25. The highest BCUT2D eigenvalue weighted by Crippen LogP contribution is 2.28. The Kier molecular flexibility index (Phi) is 6.29. The molecule has 8 heteroatoms. The molecule has 0 saturated heterocycles. The third-order valence-electron chi connectivity index (χ3n) is 3.75. The molecule has 2 rings (SSSR count). The SMILES string of the molecule is COc1ccc(C(=O)N(Cc2ccc(C#N)cc2)CC(F)(F)F)c(OC)c1. The zero-order valence-electron chi connectivity index (χ0n) is 14.7. The lowest BCUT2D eigenvalue weighted by Crippen LogP contribution is -2.38. The van der Waals surface area contributed by atoms with Crippen LogP contribution >= 0.6 is 0 Å². The van der Waals surface area contributed by atoms with Gasteiger partial charge in [0, 0.05) is 12.6 Å². The zero-order chi connectivity index (χ0) is 20.0. The van der Waals surface area contributed by atoms with E-state index in [9.17, 15) is 18.0 Å². The van der Waals surface area contributed by atoms with Crippen LogP contribution in [-0.2, 0) is 6.54 Å². The number of hydrogen-bond acceptors (Lipinski definition) is 4. The van der Waals surface area contributed by atoms with Crippen LogP contribution in [0.4, 0.5) is 13.2 Å². The first-order valence-corrected chi connectivity index (χ1v) is 7.84. The summed E-state index contributed by atoms with van der Waals surface area (Å²) in [6, 6.07) is 12.2. The van der Waals surface area contributed by atoms with Crippen molar-refractivity contribution in [2.45, 2.75) is 12.7 Å². The van der Waals surface area contributed by atoms with Gasteiger partial charge in [0.2, 0.25) is 0 Å². The van der Waals surface area contributed by atoms with Crippen molar-refractivity contribution in [3.05, 3.63) is 59.2 Å². The minimum absolute atomic E-state index is 0.00352. The fourth-order valence-electron chi connectivity index (χ4n) is 2.47. The number of nitriles is 1. The Morgan fingerprint density at radius 3 is 2.30 bits per heavy atom. The van der Waals surface area contributed by atoms with E-state index >= 15 is 0 Å². The van der Waals surface area contributed by atoms with Crippen LogP contribution in [-0.4, -0.2) is 37.7 Å². The number of carbonyl (C=O) groups is 1. The minimum Gasteiger partial charge on any atom is -0.497 e. The van der Waals surface area contributed by atoms with Gasteiger partial charge in [-0.05, 0) is 29.8 Å². The summed E-state index contributed by atoms with van der Waals surface area (Å²) in [7, 11) is 2.75. The van der Waals surface area contributed by atoms with Crippen LogP contribution in [0.3, 0.4) is 0 Å². The van der Waals surface area contributed by atoms with Gasteiger partial charge in [0.05, 0.1) is 31.4 Å². The Bertz CT molecular complexity index is 843. The molecule has 0 aliphatic carbocycles. The van der Waals surface area contributed by atoms with Crippen molar-refractivity contribution in [3.63, 3.8) is 0 Å². The predicted octanol–water partition coefficient (Wildman–Crippen LogP) is 3.78. The molecular weight excluding hydrogens is 361 g/mol. The summed E-state index contributed by atoms with van der Waals surface area (Å²) in [6.45, 7) is -1.68. The van der Waals surface area contributed by atoms with Crippen LogP contribution in [0.1, 0.15) is 21.5 Å². The number of benzene rings is 2. The monoisotopic (exact) mass is 378 g/mol. The molecule has 0 saturated carbocycles. The maximum Gasteiger partial charge on any atom is 0.406 e. The Labute approximate surface area is 154 Å². The van der Waals surface area contributed by atoms with Crippen molar-refractivity contribution in [2.24, 2.45) is 0 Å². The van der Waals surface area contributed by atoms with Gasteiger partial charge in [0.1, 0.15) is 18.0 Å². The zero-order valence-corrected chi connectivity index (χ0v) is 14.7. The summed E-state index contributed by atoms with van der Waals surface area (Å²) in [5, 5.41) is 8.81. The minimum atomic E-state index is -4.57. The fraction of sp³-hybridized carbons (Fsp3) is 0.263. The summed E-state index contributed by atoms with van der Waals surface area (Å²) in [5.41, 5.74) is 0.847. The highest BCUT2D eigenvalue weighted by atomic mass is 19.4. The van der Waals surface area contributed by atoms with E-state index in [0.29, 0.717) is 21.8 Å². The van der Waals surface area contributed by atoms with E-state index in [2.05, 4.69) is 0 Å². The smallest absolute Gasteiger partial charge is 0.406 e. The highest BCUT2D eigenvalue weighted by molar-refractivity contribution is 5.97. The fourth-order valence-corrected chi connectivity index (χ4v) is 2.47. The third-order valence-corrected chi connectivity index (χ3v) is 3.75. The van der Waals surface area contributed by atoms with Crippen LogP contribution in [0.15, 0.2) is 42.5 Å². The van der Waals surface area contributed by atoms with E-state index in [1.54, 1.807) is 0 Å². The second-order valence-corrected chi connectivity index (χ2v) is 5.65. The summed E-state index contributed by atoms with van der Waals surface area (Å²) < 4.78 is 49.2. The summed E-state index contributed by atoms with van der Waals surface area (Å²) >= 11 is 0. The standard InChI is InChI=1S/C19H17F3N2O3/c1-26-15-7-8-16(17(9-15)27-2)18(25)24(12-19(20,21)22)11-14-5-3-13(10-23)4-6-14/h3-9H,11-12H2,1-2H3. The molecule has 0 fully saturated rings. The number of methoxy groups -OCH3 is 2. The van der Waals surface area contributed by atoms with Gasteiger partial charge >= 0.3 is 6.18 Å². The van der Waals surface area contributed by atoms with Crippen LogP contribution in [0.25, 0.3) is 0 Å². The molecule has 0 heterocycles. The number of alkyl halides is 3. The largest absolute Gasteiger partial charge is 0.497 e.